The third-order valence-electron chi connectivity index (χ3n) is 5.25. The lowest BCUT2D eigenvalue weighted by molar-refractivity contribution is 0.0790. The summed E-state index contributed by atoms with van der Waals surface area (Å²) in [7, 11) is 1.66. The predicted molar refractivity (Wildman–Crippen MR) is 98.8 cm³/mol. The van der Waals surface area contributed by atoms with Gasteiger partial charge in [0.15, 0.2) is 0 Å². The summed E-state index contributed by atoms with van der Waals surface area (Å²) in [6.45, 7) is 2.35. The second-order valence-corrected chi connectivity index (χ2v) is 7.06. The van der Waals surface area contributed by atoms with E-state index in [1.54, 1.807) is 13.3 Å². The smallest absolute Gasteiger partial charge is 0.255 e. The van der Waals surface area contributed by atoms with E-state index in [-0.39, 0.29) is 5.91 Å². The van der Waals surface area contributed by atoms with Gasteiger partial charge in [0.05, 0.1) is 25.0 Å². The van der Waals surface area contributed by atoms with Crippen molar-refractivity contribution in [1.29, 1.82) is 0 Å². The first-order valence-corrected chi connectivity index (χ1v) is 9.27. The summed E-state index contributed by atoms with van der Waals surface area (Å²) in [5.41, 5.74) is 2.82. The summed E-state index contributed by atoms with van der Waals surface area (Å²) >= 11 is 0. The second kappa shape index (κ2) is 7.36. The molecule has 0 spiro atoms. The Hall–Kier alpha value is -2.56. The number of hydrogen-bond donors (Lipinski definition) is 0. The Kier molecular flexibility index (Phi) is 4.78. The predicted octanol–water partition coefficient (Wildman–Crippen LogP) is 3.12. The monoisotopic (exact) mass is 352 g/mol. The lowest BCUT2D eigenvalue weighted by Gasteiger charge is -2.26. The molecule has 3 heterocycles. The molecule has 2 aliphatic heterocycles. The Labute approximate surface area is 153 Å². The molecule has 0 saturated carbocycles. The van der Waals surface area contributed by atoms with E-state index in [1.165, 1.54) is 5.56 Å². The van der Waals surface area contributed by atoms with Crippen molar-refractivity contribution in [2.24, 2.45) is 5.92 Å². The zero-order valence-electron chi connectivity index (χ0n) is 15.1. The number of carbonyl (C=O) groups is 1. The van der Waals surface area contributed by atoms with Gasteiger partial charge in [-0.05, 0) is 49.4 Å². The fourth-order valence-electron chi connectivity index (χ4n) is 3.83. The number of methoxy groups -OCH3 is 1. The van der Waals surface area contributed by atoms with E-state index in [0.29, 0.717) is 12.5 Å². The van der Waals surface area contributed by atoms with Crippen LogP contribution in [-0.2, 0) is 12.8 Å². The number of benzene rings is 1. The number of amides is 1. The molecule has 1 fully saturated rings. The Morgan fingerprint density at radius 1 is 1.31 bits per heavy atom. The van der Waals surface area contributed by atoms with Gasteiger partial charge >= 0.3 is 0 Å². The van der Waals surface area contributed by atoms with Gasteiger partial charge in [-0.25, -0.2) is 0 Å². The summed E-state index contributed by atoms with van der Waals surface area (Å²) in [4.78, 5) is 19.3. The summed E-state index contributed by atoms with van der Waals surface area (Å²) in [6, 6.07) is 9.73. The van der Waals surface area contributed by atoms with Crippen molar-refractivity contribution < 1.29 is 14.3 Å². The minimum atomic E-state index is 0.118. The van der Waals surface area contributed by atoms with Gasteiger partial charge in [-0.2, -0.15) is 0 Å². The molecule has 0 bridgehead atoms. The highest BCUT2D eigenvalue weighted by Crippen LogP contribution is 2.32. The lowest BCUT2D eigenvalue weighted by Crippen LogP contribution is -2.30. The molecule has 2 aromatic rings. The number of likely N-dealkylation sites (tertiary alicyclic amines) is 1. The van der Waals surface area contributed by atoms with Crippen molar-refractivity contribution in [3.8, 4) is 11.5 Å². The number of rotatable bonds is 4. The molecule has 4 rings (SSSR count). The molecule has 2 aliphatic rings. The van der Waals surface area contributed by atoms with Gasteiger partial charge in [-0.1, -0.05) is 6.07 Å². The number of hydrogen-bond acceptors (Lipinski definition) is 4. The van der Waals surface area contributed by atoms with E-state index in [2.05, 4.69) is 11.1 Å². The average molecular weight is 352 g/mol. The molecule has 1 amide bonds. The molecule has 0 aliphatic carbocycles. The molecular formula is C21H24N2O3. The summed E-state index contributed by atoms with van der Waals surface area (Å²) < 4.78 is 11.2. The van der Waals surface area contributed by atoms with Crippen LogP contribution in [0.2, 0.25) is 0 Å². The maximum absolute atomic E-state index is 12.8. The second-order valence-electron chi connectivity index (χ2n) is 7.06. The van der Waals surface area contributed by atoms with E-state index in [0.717, 1.165) is 61.5 Å². The van der Waals surface area contributed by atoms with Gasteiger partial charge in [-0.3, -0.25) is 9.78 Å². The van der Waals surface area contributed by atoms with Crippen LogP contribution in [0.25, 0.3) is 0 Å². The van der Waals surface area contributed by atoms with Gasteiger partial charge < -0.3 is 14.4 Å². The van der Waals surface area contributed by atoms with Crippen molar-refractivity contribution in [2.45, 2.75) is 25.7 Å². The first-order valence-electron chi connectivity index (χ1n) is 9.27. The topological polar surface area (TPSA) is 51.7 Å². The molecule has 0 N–H and O–H groups in total. The van der Waals surface area contributed by atoms with Crippen molar-refractivity contribution in [1.82, 2.24) is 9.88 Å². The molecule has 26 heavy (non-hydrogen) atoms. The van der Waals surface area contributed by atoms with Crippen molar-refractivity contribution in [3.63, 3.8) is 0 Å². The maximum Gasteiger partial charge on any atom is 0.255 e. The van der Waals surface area contributed by atoms with Crippen LogP contribution in [0.5, 0.6) is 11.5 Å². The van der Waals surface area contributed by atoms with E-state index in [9.17, 15) is 4.79 Å². The third-order valence-corrected chi connectivity index (χ3v) is 5.25. The number of pyridine rings is 1. The molecular weight excluding hydrogens is 328 g/mol. The molecule has 0 unspecified atom stereocenters. The van der Waals surface area contributed by atoms with Crippen LogP contribution < -0.4 is 9.47 Å². The minimum absolute atomic E-state index is 0.118. The van der Waals surface area contributed by atoms with Crippen LogP contribution in [0.4, 0.5) is 0 Å². The molecule has 1 atom stereocenters. The number of aromatic nitrogens is 1. The molecule has 136 valence electrons. The van der Waals surface area contributed by atoms with Crippen LogP contribution in [0.15, 0.2) is 36.5 Å². The van der Waals surface area contributed by atoms with Gasteiger partial charge in [0.1, 0.15) is 11.5 Å². The summed E-state index contributed by atoms with van der Waals surface area (Å²) in [5, 5.41) is 0. The Balaban J connectivity index is 1.50. The third kappa shape index (κ3) is 3.39. The zero-order chi connectivity index (χ0) is 17.9. The molecule has 5 heteroatoms. The molecule has 1 saturated heterocycles. The SMILES string of the molecule is COc1ccc2c(c1)OC[C@@H](Cc1ncccc1C(=O)N1CCCC1)C2. The number of carbonyl (C=O) groups excluding carboxylic acids is 1. The first-order chi connectivity index (χ1) is 12.7. The first kappa shape index (κ1) is 16.9. The Morgan fingerprint density at radius 3 is 2.96 bits per heavy atom. The highest BCUT2D eigenvalue weighted by Gasteiger charge is 2.26. The quantitative estimate of drug-likeness (QED) is 0.848. The van der Waals surface area contributed by atoms with Crippen molar-refractivity contribution in [2.75, 3.05) is 26.8 Å². The zero-order valence-corrected chi connectivity index (χ0v) is 15.1. The van der Waals surface area contributed by atoms with Gasteiger partial charge in [-0.15, -0.1) is 0 Å². The van der Waals surface area contributed by atoms with Crippen molar-refractivity contribution in [3.05, 3.63) is 53.3 Å². The number of fused-ring (bicyclic) bond motifs is 1. The standard InChI is InChI=1S/C21H24N2O3/c1-25-17-7-6-16-11-15(14-26-20(16)13-17)12-19-18(5-4-8-22-19)21(24)23-9-2-3-10-23/h4-8,13,15H,2-3,9-12,14H2,1H3/t15-/m1/s1. The van der Waals surface area contributed by atoms with E-state index >= 15 is 0 Å². The minimum Gasteiger partial charge on any atom is -0.497 e. The van der Waals surface area contributed by atoms with Crippen LogP contribution in [0, 0.1) is 5.92 Å². The average Bonchev–Trinajstić information content (AvgIpc) is 3.22. The number of nitrogens with zero attached hydrogens (tertiary/aromatic N) is 2. The van der Waals surface area contributed by atoms with Crippen LogP contribution in [0.1, 0.15) is 34.5 Å². The van der Waals surface area contributed by atoms with E-state index < -0.39 is 0 Å². The molecule has 1 aromatic carbocycles. The Morgan fingerprint density at radius 2 is 2.15 bits per heavy atom. The highest BCUT2D eigenvalue weighted by atomic mass is 16.5. The summed E-state index contributed by atoms with van der Waals surface area (Å²) in [5.74, 6) is 2.14. The molecule has 0 radical (unpaired) electrons. The van der Waals surface area contributed by atoms with Crippen LogP contribution in [0.3, 0.4) is 0 Å². The normalized spacial score (nSPS) is 19.0. The van der Waals surface area contributed by atoms with E-state index in [1.807, 2.05) is 29.2 Å². The van der Waals surface area contributed by atoms with E-state index in [4.69, 9.17) is 9.47 Å². The van der Waals surface area contributed by atoms with Crippen molar-refractivity contribution >= 4 is 5.91 Å². The fraction of sp³-hybridized carbons (Fsp3) is 0.429. The lowest BCUT2D eigenvalue weighted by atomic mass is 9.91. The Bertz CT molecular complexity index is 800. The molecule has 1 aromatic heterocycles. The van der Waals surface area contributed by atoms with Gasteiger partial charge in [0.25, 0.3) is 5.91 Å². The highest BCUT2D eigenvalue weighted by molar-refractivity contribution is 5.95. The largest absolute Gasteiger partial charge is 0.497 e. The fourth-order valence-corrected chi connectivity index (χ4v) is 3.83. The van der Waals surface area contributed by atoms with Crippen LogP contribution in [-0.4, -0.2) is 42.6 Å². The van der Waals surface area contributed by atoms with Gasteiger partial charge in [0.2, 0.25) is 0 Å². The van der Waals surface area contributed by atoms with Crippen LogP contribution >= 0.6 is 0 Å². The number of ether oxygens (including phenoxy) is 2. The molecule has 5 nitrogen and oxygen atoms in total. The van der Waals surface area contributed by atoms with Gasteiger partial charge in [0, 0.05) is 31.3 Å². The maximum atomic E-state index is 12.8. The summed E-state index contributed by atoms with van der Waals surface area (Å²) in [6.07, 6.45) is 5.64.